The summed E-state index contributed by atoms with van der Waals surface area (Å²) in [6.07, 6.45) is 0. The van der Waals surface area contributed by atoms with Gasteiger partial charge in [0.05, 0.1) is 34.7 Å². The Morgan fingerprint density at radius 3 is 2.58 bits per heavy atom. The molecule has 0 unspecified atom stereocenters. The molecule has 1 atom stereocenters. The minimum Gasteiger partial charge on any atom is -0.465 e. The number of hydrogen-bond acceptors (Lipinski definition) is 7. The van der Waals surface area contributed by atoms with Gasteiger partial charge in [0.25, 0.3) is 11.2 Å². The molecule has 0 bridgehead atoms. The van der Waals surface area contributed by atoms with Gasteiger partial charge in [0.2, 0.25) is 0 Å². The second kappa shape index (κ2) is 8.75. The summed E-state index contributed by atoms with van der Waals surface area (Å²) in [4.78, 5) is 43.5. The molecule has 2 aromatic heterocycles. The van der Waals surface area contributed by atoms with Gasteiger partial charge < -0.3 is 4.74 Å². The molecule has 4 rings (SSSR count). The van der Waals surface area contributed by atoms with Crippen molar-refractivity contribution in [1.82, 2.24) is 14.5 Å². The molecule has 0 fully saturated rings. The van der Waals surface area contributed by atoms with Crippen LogP contribution in [0.3, 0.4) is 0 Å². The minimum absolute atomic E-state index is 0.0192. The van der Waals surface area contributed by atoms with E-state index in [1.807, 2.05) is 37.3 Å². The number of benzene rings is 2. The molecular weight excluding hydrogens is 444 g/mol. The van der Waals surface area contributed by atoms with Crippen LogP contribution in [0, 0.1) is 14.9 Å². The second-order valence-electron chi connectivity index (χ2n) is 7.27. The molecule has 2 heterocycles. The number of rotatable bonds is 5. The molecule has 166 valence electrons. The highest BCUT2D eigenvalue weighted by molar-refractivity contribution is 7.71. The highest BCUT2D eigenvalue weighted by Crippen LogP contribution is 2.29. The molecule has 0 spiro atoms. The predicted molar refractivity (Wildman–Crippen MR) is 125 cm³/mol. The molecule has 0 aliphatic rings. The van der Waals surface area contributed by atoms with E-state index in [4.69, 9.17) is 17.0 Å². The Hall–Kier alpha value is -4.18. The zero-order valence-electron chi connectivity index (χ0n) is 17.6. The Balaban J connectivity index is 2.10. The van der Waals surface area contributed by atoms with Crippen LogP contribution in [0.1, 0.15) is 28.9 Å². The number of ether oxygens (including phenoxy) is 1. The first-order valence-corrected chi connectivity index (χ1v) is 10.3. The average molecular weight is 462 g/mol. The van der Waals surface area contributed by atoms with Gasteiger partial charge in [-0.2, -0.15) is 0 Å². The molecular formula is C23H18N4O5S. The van der Waals surface area contributed by atoms with E-state index in [2.05, 4.69) is 9.97 Å². The number of nitrogens with one attached hydrogen (secondary N) is 1. The van der Waals surface area contributed by atoms with Gasteiger partial charge in [0.15, 0.2) is 4.77 Å². The van der Waals surface area contributed by atoms with Gasteiger partial charge in [-0.3, -0.25) is 24.5 Å². The van der Waals surface area contributed by atoms with Crippen molar-refractivity contribution in [2.24, 2.45) is 0 Å². The number of aromatic nitrogens is 3. The molecule has 10 heteroatoms. The van der Waals surface area contributed by atoms with Crippen molar-refractivity contribution in [2.45, 2.75) is 13.0 Å². The van der Waals surface area contributed by atoms with Crippen LogP contribution in [0.15, 0.2) is 65.5 Å². The van der Waals surface area contributed by atoms with E-state index in [1.54, 1.807) is 10.6 Å². The van der Waals surface area contributed by atoms with Crippen LogP contribution in [0.2, 0.25) is 0 Å². The third-order valence-electron chi connectivity index (χ3n) is 5.32. The minimum atomic E-state index is -0.740. The summed E-state index contributed by atoms with van der Waals surface area (Å²) in [5.74, 6) is -0.740. The average Bonchev–Trinajstić information content (AvgIpc) is 2.83. The van der Waals surface area contributed by atoms with Crippen LogP contribution in [-0.2, 0) is 4.74 Å². The highest BCUT2D eigenvalue weighted by atomic mass is 32.1. The van der Waals surface area contributed by atoms with Crippen LogP contribution in [0.4, 0.5) is 5.69 Å². The maximum atomic E-state index is 12.9. The van der Waals surface area contributed by atoms with Crippen LogP contribution < -0.4 is 5.56 Å². The molecule has 1 N–H and O–H groups in total. The molecule has 0 amide bonds. The molecule has 0 aliphatic carbocycles. The lowest BCUT2D eigenvalue weighted by molar-refractivity contribution is -0.384. The Bertz CT molecular complexity index is 1510. The van der Waals surface area contributed by atoms with Gasteiger partial charge >= 0.3 is 5.97 Å². The zero-order valence-corrected chi connectivity index (χ0v) is 18.5. The van der Waals surface area contributed by atoms with Crippen LogP contribution in [0.5, 0.6) is 0 Å². The van der Waals surface area contributed by atoms with Crippen LogP contribution in [0.25, 0.3) is 22.3 Å². The number of esters is 1. The maximum Gasteiger partial charge on any atom is 0.338 e. The maximum absolute atomic E-state index is 12.9. The predicted octanol–water partition coefficient (Wildman–Crippen LogP) is 4.43. The number of carbonyl (C=O) groups is 1. The number of methoxy groups -OCH3 is 1. The van der Waals surface area contributed by atoms with Crippen molar-refractivity contribution < 1.29 is 14.5 Å². The standard InChI is InChI=1S/C23H18N4O5S/c1-13(14-7-4-3-5-8-14)26-20-19(21(28)25-23(26)33)17(22(29)32-2)12-18(24-20)15-9-6-10-16(11-15)27(30)31/h3-13H,1-2H3,(H,25,28,33)/t13-/m1/s1. The topological polar surface area (TPSA) is 120 Å². The summed E-state index contributed by atoms with van der Waals surface area (Å²) in [7, 11) is 1.21. The lowest BCUT2D eigenvalue weighted by atomic mass is 10.0. The number of fused-ring (bicyclic) bond motifs is 1. The summed E-state index contributed by atoms with van der Waals surface area (Å²) < 4.78 is 6.68. The fourth-order valence-electron chi connectivity index (χ4n) is 3.68. The largest absolute Gasteiger partial charge is 0.465 e. The number of carbonyl (C=O) groups excluding carboxylic acids is 1. The molecule has 0 saturated heterocycles. The van der Waals surface area contributed by atoms with Crippen LogP contribution >= 0.6 is 12.2 Å². The number of nitro benzene ring substituents is 1. The van der Waals surface area contributed by atoms with Crippen molar-refractivity contribution in [2.75, 3.05) is 7.11 Å². The van der Waals surface area contributed by atoms with E-state index >= 15 is 0 Å². The Morgan fingerprint density at radius 2 is 1.91 bits per heavy atom. The summed E-state index contributed by atoms with van der Waals surface area (Å²) in [5.41, 5.74) is 1.02. The molecule has 0 saturated carbocycles. The number of nitrogens with zero attached hydrogens (tertiary/aromatic N) is 3. The molecule has 9 nitrogen and oxygen atoms in total. The van der Waals surface area contributed by atoms with Crippen molar-refractivity contribution in [3.05, 3.63) is 97.0 Å². The number of pyridine rings is 1. The molecule has 0 radical (unpaired) electrons. The van der Waals surface area contributed by atoms with Gasteiger partial charge in [-0.25, -0.2) is 9.78 Å². The lowest BCUT2D eigenvalue weighted by Crippen LogP contribution is -2.21. The summed E-state index contributed by atoms with van der Waals surface area (Å²) in [5, 5.41) is 11.3. The smallest absolute Gasteiger partial charge is 0.338 e. The number of nitro groups is 1. The fraction of sp³-hybridized carbons (Fsp3) is 0.130. The first kappa shape index (κ1) is 22.0. The Morgan fingerprint density at radius 1 is 1.18 bits per heavy atom. The van der Waals surface area contributed by atoms with Gasteiger partial charge in [-0.1, -0.05) is 42.5 Å². The van der Waals surface area contributed by atoms with Gasteiger partial charge in [0, 0.05) is 17.7 Å². The monoisotopic (exact) mass is 462 g/mol. The lowest BCUT2D eigenvalue weighted by Gasteiger charge is -2.20. The quantitative estimate of drug-likeness (QED) is 0.202. The van der Waals surface area contributed by atoms with E-state index in [-0.39, 0.29) is 38.8 Å². The van der Waals surface area contributed by atoms with Crippen molar-refractivity contribution in [3.63, 3.8) is 0 Å². The third-order valence-corrected chi connectivity index (χ3v) is 5.62. The van der Waals surface area contributed by atoms with Gasteiger partial charge in [-0.05, 0) is 30.8 Å². The SMILES string of the molecule is COC(=O)c1cc(-c2cccc([N+](=O)[O-])c2)nc2c1c(=O)[nH]c(=S)n2[C@H](C)c1ccccc1. The summed E-state index contributed by atoms with van der Waals surface area (Å²) >= 11 is 5.46. The van der Waals surface area contributed by atoms with Crippen molar-refractivity contribution >= 4 is 34.9 Å². The van der Waals surface area contributed by atoms with E-state index < -0.39 is 16.5 Å². The highest BCUT2D eigenvalue weighted by Gasteiger charge is 2.22. The Kier molecular flexibility index (Phi) is 5.84. The summed E-state index contributed by atoms with van der Waals surface area (Å²) in [6.45, 7) is 1.89. The molecule has 33 heavy (non-hydrogen) atoms. The zero-order chi connectivity index (χ0) is 23.7. The number of aromatic amines is 1. The van der Waals surface area contributed by atoms with Crippen LogP contribution in [-0.4, -0.2) is 32.5 Å². The normalized spacial score (nSPS) is 11.8. The van der Waals surface area contributed by atoms with E-state index in [0.29, 0.717) is 5.56 Å². The molecule has 4 aromatic rings. The van der Waals surface area contributed by atoms with Crippen molar-refractivity contribution in [3.8, 4) is 11.3 Å². The molecule has 2 aromatic carbocycles. The second-order valence-corrected chi connectivity index (χ2v) is 7.66. The van der Waals surface area contributed by atoms with Gasteiger partial charge in [-0.15, -0.1) is 0 Å². The van der Waals surface area contributed by atoms with E-state index in [9.17, 15) is 19.7 Å². The van der Waals surface area contributed by atoms with Gasteiger partial charge in [0.1, 0.15) is 5.65 Å². The number of non-ortho nitro benzene ring substituents is 1. The van der Waals surface area contributed by atoms with Crippen molar-refractivity contribution in [1.29, 1.82) is 0 Å². The number of hydrogen-bond donors (Lipinski definition) is 1. The Labute approximate surface area is 192 Å². The van der Waals surface area contributed by atoms with E-state index in [1.165, 1.54) is 31.4 Å². The first-order chi connectivity index (χ1) is 15.8. The summed E-state index contributed by atoms with van der Waals surface area (Å²) in [6, 6.07) is 16.4. The van der Waals surface area contributed by atoms with E-state index in [0.717, 1.165) is 5.56 Å². The first-order valence-electron chi connectivity index (χ1n) is 9.89. The third kappa shape index (κ3) is 4.03. The fourth-order valence-corrected chi connectivity index (χ4v) is 4.02. The number of H-pyrrole nitrogens is 1. The molecule has 0 aliphatic heterocycles.